The zero-order valence-electron chi connectivity index (χ0n) is 13.9. The van der Waals surface area contributed by atoms with Crippen LogP contribution in [0.5, 0.6) is 5.75 Å². The molecule has 5 heteroatoms. The lowest BCUT2D eigenvalue weighted by atomic mass is 10.2. The van der Waals surface area contributed by atoms with Crippen LogP contribution in [0.2, 0.25) is 0 Å². The van der Waals surface area contributed by atoms with Crippen LogP contribution in [0.3, 0.4) is 0 Å². The van der Waals surface area contributed by atoms with Crippen LogP contribution >= 0.6 is 0 Å². The average molecular weight is 348 g/mol. The van der Waals surface area contributed by atoms with Crippen molar-refractivity contribution < 1.29 is 13.9 Å². The molecule has 0 aliphatic rings. The first kappa shape index (κ1) is 17.4. The van der Waals surface area contributed by atoms with Gasteiger partial charge in [-0.2, -0.15) is 5.10 Å². The van der Waals surface area contributed by atoms with Gasteiger partial charge in [-0.25, -0.2) is 9.82 Å². The number of nitrogens with one attached hydrogen (secondary N) is 1. The van der Waals surface area contributed by atoms with Crippen LogP contribution in [0.15, 0.2) is 84.0 Å². The Morgan fingerprint density at radius 1 is 1.00 bits per heavy atom. The molecule has 0 aliphatic carbocycles. The summed E-state index contributed by atoms with van der Waals surface area (Å²) in [7, 11) is 0. The number of nitrogens with zero attached hydrogens (tertiary/aromatic N) is 1. The molecule has 26 heavy (non-hydrogen) atoms. The van der Waals surface area contributed by atoms with E-state index in [1.54, 1.807) is 0 Å². The normalized spacial score (nSPS) is 10.7. The van der Waals surface area contributed by atoms with Crippen LogP contribution in [0.4, 0.5) is 4.39 Å². The summed E-state index contributed by atoms with van der Waals surface area (Å²) < 4.78 is 18.8. The van der Waals surface area contributed by atoms with Gasteiger partial charge in [-0.3, -0.25) is 4.79 Å². The lowest BCUT2D eigenvalue weighted by molar-refractivity contribution is 0.0954. The molecule has 0 saturated heterocycles. The molecule has 3 rings (SSSR count). The first-order chi connectivity index (χ1) is 12.7. The Morgan fingerprint density at radius 3 is 2.50 bits per heavy atom. The third kappa shape index (κ3) is 5.01. The molecule has 0 unspecified atom stereocenters. The number of amides is 1. The zero-order valence-corrected chi connectivity index (χ0v) is 13.9. The molecule has 0 heterocycles. The summed E-state index contributed by atoms with van der Waals surface area (Å²) in [6, 6.07) is 22.7. The summed E-state index contributed by atoms with van der Waals surface area (Å²) in [5.74, 6) is -0.189. The lowest BCUT2D eigenvalue weighted by Crippen LogP contribution is -2.17. The third-order valence-electron chi connectivity index (χ3n) is 3.59. The van der Waals surface area contributed by atoms with Gasteiger partial charge in [0.15, 0.2) is 0 Å². The standard InChI is InChI=1S/C21H17FN2O2/c22-19-8-4-7-18(13-19)21(25)24-23-14-16-9-11-20(12-10-16)26-15-17-5-2-1-3-6-17/h1-14H,15H2,(H,24,25). The largest absolute Gasteiger partial charge is 0.489 e. The number of hydrogen-bond donors (Lipinski definition) is 1. The number of carbonyl (C=O) groups is 1. The Hall–Kier alpha value is -3.47. The molecule has 0 spiro atoms. The number of carbonyl (C=O) groups excluding carboxylic acids is 1. The Labute approximate surface area is 150 Å². The van der Waals surface area contributed by atoms with Gasteiger partial charge in [0.1, 0.15) is 18.2 Å². The van der Waals surface area contributed by atoms with Gasteiger partial charge in [0.25, 0.3) is 5.91 Å². The maximum Gasteiger partial charge on any atom is 0.271 e. The Morgan fingerprint density at radius 2 is 1.77 bits per heavy atom. The van der Waals surface area contributed by atoms with E-state index in [-0.39, 0.29) is 5.56 Å². The highest BCUT2D eigenvalue weighted by molar-refractivity contribution is 5.94. The highest BCUT2D eigenvalue weighted by Gasteiger charge is 2.04. The minimum Gasteiger partial charge on any atom is -0.489 e. The molecule has 0 radical (unpaired) electrons. The summed E-state index contributed by atoms with van der Waals surface area (Å²) in [6.45, 7) is 0.498. The predicted octanol–water partition coefficient (Wildman–Crippen LogP) is 4.17. The van der Waals surface area contributed by atoms with Gasteiger partial charge in [0, 0.05) is 5.56 Å². The molecule has 0 fully saturated rings. The molecule has 0 atom stereocenters. The van der Waals surface area contributed by atoms with Crippen LogP contribution in [0.25, 0.3) is 0 Å². The van der Waals surface area contributed by atoms with Crippen LogP contribution in [-0.2, 0) is 6.61 Å². The number of hydrazone groups is 1. The summed E-state index contributed by atoms with van der Waals surface area (Å²) in [4.78, 5) is 11.8. The molecule has 3 aromatic carbocycles. The molecule has 0 bridgehead atoms. The summed E-state index contributed by atoms with van der Waals surface area (Å²) in [6.07, 6.45) is 1.51. The van der Waals surface area contributed by atoms with E-state index in [2.05, 4.69) is 10.5 Å². The van der Waals surface area contributed by atoms with Gasteiger partial charge in [-0.15, -0.1) is 0 Å². The van der Waals surface area contributed by atoms with Crippen molar-refractivity contribution in [1.29, 1.82) is 0 Å². The highest BCUT2D eigenvalue weighted by Crippen LogP contribution is 2.13. The van der Waals surface area contributed by atoms with Crippen LogP contribution in [0, 0.1) is 5.82 Å². The van der Waals surface area contributed by atoms with Crippen LogP contribution in [-0.4, -0.2) is 12.1 Å². The van der Waals surface area contributed by atoms with Crippen LogP contribution in [0.1, 0.15) is 21.5 Å². The van der Waals surface area contributed by atoms with Crippen molar-refractivity contribution in [3.05, 3.63) is 101 Å². The molecule has 0 saturated carbocycles. The third-order valence-corrected chi connectivity index (χ3v) is 3.59. The van der Waals surface area contributed by atoms with E-state index in [0.29, 0.717) is 6.61 Å². The Kier molecular flexibility index (Phi) is 5.72. The molecule has 4 nitrogen and oxygen atoms in total. The quantitative estimate of drug-likeness (QED) is 0.537. The second kappa shape index (κ2) is 8.58. The van der Waals surface area contributed by atoms with Gasteiger partial charge < -0.3 is 4.74 Å². The van der Waals surface area contributed by atoms with Crippen molar-refractivity contribution >= 4 is 12.1 Å². The fourth-order valence-corrected chi connectivity index (χ4v) is 2.25. The Balaban J connectivity index is 1.52. The van der Waals surface area contributed by atoms with Gasteiger partial charge in [-0.05, 0) is 53.6 Å². The van der Waals surface area contributed by atoms with Gasteiger partial charge in [0.05, 0.1) is 6.21 Å². The number of halogens is 1. The van der Waals surface area contributed by atoms with Crippen molar-refractivity contribution in [3.63, 3.8) is 0 Å². The van der Waals surface area contributed by atoms with E-state index < -0.39 is 11.7 Å². The minimum atomic E-state index is -0.469. The molecule has 3 aromatic rings. The topological polar surface area (TPSA) is 50.7 Å². The molecular weight excluding hydrogens is 331 g/mol. The van der Waals surface area contributed by atoms with E-state index in [1.807, 2.05) is 54.6 Å². The number of ether oxygens (including phenoxy) is 1. The van der Waals surface area contributed by atoms with Crippen molar-refractivity contribution in [2.45, 2.75) is 6.61 Å². The minimum absolute atomic E-state index is 0.215. The summed E-state index contributed by atoms with van der Waals surface area (Å²) in [5.41, 5.74) is 4.48. The van der Waals surface area contributed by atoms with Gasteiger partial charge >= 0.3 is 0 Å². The van der Waals surface area contributed by atoms with Crippen molar-refractivity contribution in [2.24, 2.45) is 5.10 Å². The van der Waals surface area contributed by atoms with Crippen molar-refractivity contribution in [3.8, 4) is 5.75 Å². The maximum absolute atomic E-state index is 13.1. The van der Waals surface area contributed by atoms with Gasteiger partial charge in [0.2, 0.25) is 0 Å². The molecular formula is C21H17FN2O2. The highest BCUT2D eigenvalue weighted by atomic mass is 19.1. The second-order valence-electron chi connectivity index (χ2n) is 5.55. The maximum atomic E-state index is 13.1. The van der Waals surface area contributed by atoms with Crippen LogP contribution < -0.4 is 10.2 Å². The molecule has 0 aliphatic heterocycles. The molecule has 1 amide bonds. The van der Waals surface area contributed by atoms with E-state index >= 15 is 0 Å². The SMILES string of the molecule is O=C(NN=Cc1ccc(OCc2ccccc2)cc1)c1cccc(F)c1. The number of rotatable bonds is 6. The smallest absolute Gasteiger partial charge is 0.271 e. The molecule has 130 valence electrons. The summed E-state index contributed by atoms with van der Waals surface area (Å²) in [5, 5.41) is 3.88. The van der Waals surface area contributed by atoms with E-state index in [9.17, 15) is 9.18 Å². The average Bonchev–Trinajstić information content (AvgIpc) is 2.68. The Bertz CT molecular complexity index is 893. The monoisotopic (exact) mass is 348 g/mol. The fraction of sp³-hybridized carbons (Fsp3) is 0.0476. The molecule has 1 N–H and O–H groups in total. The first-order valence-electron chi connectivity index (χ1n) is 8.06. The first-order valence-corrected chi connectivity index (χ1v) is 8.06. The summed E-state index contributed by atoms with van der Waals surface area (Å²) >= 11 is 0. The number of benzene rings is 3. The molecule has 0 aromatic heterocycles. The lowest BCUT2D eigenvalue weighted by Gasteiger charge is -2.06. The number of hydrogen-bond acceptors (Lipinski definition) is 3. The van der Waals surface area contributed by atoms with Crippen molar-refractivity contribution in [1.82, 2.24) is 5.43 Å². The zero-order chi connectivity index (χ0) is 18.2. The fourth-order valence-electron chi connectivity index (χ4n) is 2.25. The van der Waals surface area contributed by atoms with Gasteiger partial charge in [-0.1, -0.05) is 36.4 Å². The van der Waals surface area contributed by atoms with Crippen molar-refractivity contribution in [2.75, 3.05) is 0 Å². The second-order valence-corrected chi connectivity index (χ2v) is 5.55. The van der Waals surface area contributed by atoms with E-state index in [1.165, 1.54) is 24.4 Å². The van der Waals surface area contributed by atoms with E-state index in [4.69, 9.17) is 4.74 Å². The predicted molar refractivity (Wildman–Crippen MR) is 98.7 cm³/mol. The van der Waals surface area contributed by atoms with E-state index in [0.717, 1.165) is 22.9 Å².